The van der Waals surface area contributed by atoms with Crippen LogP contribution in [0.3, 0.4) is 0 Å². The number of ether oxygens (including phenoxy) is 2. The number of piperidine rings is 1. The fourth-order valence-corrected chi connectivity index (χ4v) is 5.78. The highest BCUT2D eigenvalue weighted by Gasteiger charge is 2.44. The van der Waals surface area contributed by atoms with Gasteiger partial charge in [-0.25, -0.2) is 23.8 Å². The van der Waals surface area contributed by atoms with Crippen molar-refractivity contribution in [2.24, 2.45) is 0 Å². The number of aryl methyl sites for hydroxylation is 1. The Morgan fingerprint density at radius 1 is 1.13 bits per heavy atom. The summed E-state index contributed by atoms with van der Waals surface area (Å²) in [6.07, 6.45) is 1.70. The quantitative estimate of drug-likeness (QED) is 0.332. The molecule has 0 unspecified atom stereocenters. The third kappa shape index (κ3) is 6.00. The van der Waals surface area contributed by atoms with Crippen molar-refractivity contribution in [2.75, 3.05) is 26.3 Å². The van der Waals surface area contributed by atoms with Gasteiger partial charge in [0.25, 0.3) is 11.5 Å². The van der Waals surface area contributed by atoms with Crippen LogP contribution in [-0.4, -0.2) is 72.6 Å². The number of aromatic hydroxyl groups is 1. The van der Waals surface area contributed by atoms with E-state index < -0.39 is 40.2 Å². The van der Waals surface area contributed by atoms with E-state index in [0.29, 0.717) is 48.8 Å². The SMILES string of the molecule is Cc1ncnn1-c1cc(F)ccc1CNC(=O)c1nc2n(c(=O)c1O)CCOCC21CCN(C(=O)OCc2ccccc2)CC1. The van der Waals surface area contributed by atoms with E-state index in [4.69, 9.17) is 9.47 Å². The molecule has 4 aromatic rings. The van der Waals surface area contributed by atoms with E-state index in [1.165, 1.54) is 33.8 Å². The molecule has 2 aliphatic heterocycles. The summed E-state index contributed by atoms with van der Waals surface area (Å²) < 4.78 is 28.3. The minimum Gasteiger partial charge on any atom is -0.501 e. The van der Waals surface area contributed by atoms with Crippen LogP contribution in [0.4, 0.5) is 9.18 Å². The van der Waals surface area contributed by atoms with E-state index in [2.05, 4.69) is 20.4 Å². The summed E-state index contributed by atoms with van der Waals surface area (Å²) >= 11 is 0. The maximum Gasteiger partial charge on any atom is 0.410 e. The number of aromatic nitrogens is 5. The summed E-state index contributed by atoms with van der Waals surface area (Å²) in [5.41, 5.74) is -0.152. The maximum atomic E-state index is 14.1. The number of halogens is 1. The van der Waals surface area contributed by atoms with E-state index in [-0.39, 0.29) is 32.9 Å². The summed E-state index contributed by atoms with van der Waals surface area (Å²) in [5, 5.41) is 17.6. The third-order valence-corrected chi connectivity index (χ3v) is 8.29. The molecule has 2 amide bonds. The van der Waals surface area contributed by atoms with Crippen LogP contribution in [0.2, 0.25) is 0 Å². The molecule has 6 rings (SSSR count). The van der Waals surface area contributed by atoms with E-state index in [9.17, 15) is 23.9 Å². The monoisotopic (exact) mass is 617 g/mol. The molecule has 2 aromatic heterocycles. The van der Waals surface area contributed by atoms with E-state index in [0.717, 1.165) is 5.56 Å². The van der Waals surface area contributed by atoms with Crippen molar-refractivity contribution in [1.29, 1.82) is 0 Å². The predicted octanol–water partition coefficient (Wildman–Crippen LogP) is 2.61. The molecule has 13 nitrogen and oxygen atoms in total. The van der Waals surface area contributed by atoms with Crippen molar-refractivity contribution in [1.82, 2.24) is 34.5 Å². The molecule has 4 heterocycles. The Morgan fingerprint density at radius 3 is 2.64 bits per heavy atom. The lowest BCUT2D eigenvalue weighted by molar-refractivity contribution is 0.0410. The van der Waals surface area contributed by atoms with Gasteiger partial charge in [-0.05, 0) is 43.0 Å². The van der Waals surface area contributed by atoms with Gasteiger partial charge in [-0.15, -0.1) is 0 Å². The number of benzene rings is 2. The summed E-state index contributed by atoms with van der Waals surface area (Å²) in [6, 6.07) is 13.4. The molecule has 0 bridgehead atoms. The van der Waals surface area contributed by atoms with Gasteiger partial charge in [0.15, 0.2) is 5.69 Å². The van der Waals surface area contributed by atoms with Gasteiger partial charge < -0.3 is 24.8 Å². The number of fused-ring (bicyclic) bond motifs is 2. The van der Waals surface area contributed by atoms with Crippen molar-refractivity contribution < 1.29 is 28.6 Å². The standard InChI is InChI=1S/C31H32FN7O6/c1-20-34-19-35-39(20)24-15-23(32)8-7-22(24)16-33-27(41)25-26(40)28(42)38-13-14-44-18-31(29(38)36-25)9-11-37(12-10-31)30(43)45-17-21-5-3-2-4-6-21/h2-8,15,19,40H,9-14,16-18H2,1H3,(H,33,41). The van der Waals surface area contributed by atoms with Crippen molar-refractivity contribution in [3.63, 3.8) is 0 Å². The third-order valence-electron chi connectivity index (χ3n) is 8.29. The van der Waals surface area contributed by atoms with Gasteiger partial charge in [0.1, 0.15) is 30.4 Å². The first-order chi connectivity index (χ1) is 21.8. The van der Waals surface area contributed by atoms with Gasteiger partial charge in [-0.1, -0.05) is 36.4 Å². The number of amides is 2. The first-order valence-corrected chi connectivity index (χ1v) is 14.6. The molecule has 1 fully saturated rings. The minimum absolute atomic E-state index is 0.0679. The van der Waals surface area contributed by atoms with Gasteiger partial charge in [0.05, 0.1) is 30.9 Å². The Balaban J connectivity index is 1.21. The second-order valence-electron chi connectivity index (χ2n) is 11.1. The first kappa shape index (κ1) is 29.9. The number of hydrogen-bond donors (Lipinski definition) is 2. The molecule has 2 aromatic carbocycles. The zero-order chi connectivity index (χ0) is 31.6. The molecule has 0 aliphatic carbocycles. The average Bonchev–Trinajstić information content (AvgIpc) is 3.41. The number of carbonyl (C=O) groups excluding carboxylic acids is 2. The topological polar surface area (TPSA) is 154 Å². The molecule has 1 spiro atoms. The van der Waals surface area contributed by atoms with Gasteiger partial charge >= 0.3 is 6.09 Å². The van der Waals surface area contributed by atoms with Crippen LogP contribution in [0.25, 0.3) is 5.69 Å². The number of nitrogens with zero attached hydrogens (tertiary/aromatic N) is 6. The van der Waals surface area contributed by atoms with Crippen LogP contribution in [0.5, 0.6) is 5.75 Å². The van der Waals surface area contributed by atoms with Crippen LogP contribution in [0, 0.1) is 12.7 Å². The molecule has 2 aliphatic rings. The fourth-order valence-electron chi connectivity index (χ4n) is 5.78. The van der Waals surface area contributed by atoms with Crippen LogP contribution in [-0.2, 0) is 34.6 Å². The lowest BCUT2D eigenvalue weighted by Gasteiger charge is -2.40. The van der Waals surface area contributed by atoms with Crippen molar-refractivity contribution >= 4 is 12.0 Å². The molecular formula is C31H32FN7O6. The number of rotatable bonds is 6. The molecule has 0 saturated carbocycles. The van der Waals surface area contributed by atoms with Crippen LogP contribution < -0.4 is 10.9 Å². The number of likely N-dealkylation sites (tertiary alicyclic amines) is 1. The summed E-state index contributed by atoms with van der Waals surface area (Å²) in [4.78, 5) is 49.8. The Bertz CT molecular complexity index is 1780. The second-order valence-corrected chi connectivity index (χ2v) is 11.1. The highest BCUT2D eigenvalue weighted by atomic mass is 19.1. The molecule has 0 radical (unpaired) electrons. The lowest BCUT2D eigenvalue weighted by atomic mass is 9.78. The fraction of sp³-hybridized carbons (Fsp3) is 0.355. The number of carbonyl (C=O) groups is 2. The molecule has 14 heteroatoms. The Labute approximate surface area is 257 Å². The van der Waals surface area contributed by atoms with Crippen molar-refractivity contribution in [2.45, 2.75) is 44.9 Å². The van der Waals surface area contributed by atoms with Crippen LogP contribution in [0.1, 0.15) is 46.1 Å². The number of nitrogens with one attached hydrogen (secondary N) is 1. The molecule has 0 atom stereocenters. The highest BCUT2D eigenvalue weighted by Crippen LogP contribution is 2.37. The zero-order valence-electron chi connectivity index (χ0n) is 24.6. The average molecular weight is 618 g/mol. The van der Waals surface area contributed by atoms with Gasteiger partial charge in [0.2, 0.25) is 5.75 Å². The second kappa shape index (κ2) is 12.5. The molecule has 2 N–H and O–H groups in total. The Morgan fingerprint density at radius 2 is 1.91 bits per heavy atom. The molecular weight excluding hydrogens is 585 g/mol. The summed E-state index contributed by atoms with van der Waals surface area (Å²) in [6.45, 7) is 3.05. The first-order valence-electron chi connectivity index (χ1n) is 14.6. The molecule has 234 valence electrons. The normalized spacial score (nSPS) is 15.7. The molecule has 1 saturated heterocycles. The Kier molecular flexibility index (Phi) is 8.30. The highest BCUT2D eigenvalue weighted by molar-refractivity contribution is 5.94. The van der Waals surface area contributed by atoms with E-state index in [1.54, 1.807) is 11.8 Å². The van der Waals surface area contributed by atoms with Gasteiger partial charge in [-0.3, -0.25) is 14.2 Å². The maximum absolute atomic E-state index is 14.1. The predicted molar refractivity (Wildman–Crippen MR) is 157 cm³/mol. The van der Waals surface area contributed by atoms with E-state index in [1.807, 2.05) is 30.3 Å². The van der Waals surface area contributed by atoms with E-state index >= 15 is 0 Å². The van der Waals surface area contributed by atoms with Crippen LogP contribution in [0.15, 0.2) is 59.7 Å². The van der Waals surface area contributed by atoms with Crippen molar-refractivity contribution in [3.8, 4) is 11.4 Å². The van der Waals surface area contributed by atoms with Gasteiger partial charge in [0, 0.05) is 19.6 Å². The van der Waals surface area contributed by atoms with Gasteiger partial charge in [-0.2, -0.15) is 5.10 Å². The summed E-state index contributed by atoms with van der Waals surface area (Å²) in [5.74, 6) is -1.20. The largest absolute Gasteiger partial charge is 0.501 e. The van der Waals surface area contributed by atoms with Crippen molar-refractivity contribution in [3.05, 3.63) is 99.5 Å². The Hall–Kier alpha value is -5.11. The smallest absolute Gasteiger partial charge is 0.410 e. The van der Waals surface area contributed by atoms with Crippen LogP contribution >= 0.6 is 0 Å². The zero-order valence-corrected chi connectivity index (χ0v) is 24.6. The number of hydrogen-bond acceptors (Lipinski definition) is 9. The lowest BCUT2D eigenvalue weighted by Crippen LogP contribution is -2.49. The minimum atomic E-state index is -0.777. The molecule has 45 heavy (non-hydrogen) atoms. The summed E-state index contributed by atoms with van der Waals surface area (Å²) in [7, 11) is 0.